The fourth-order valence-corrected chi connectivity index (χ4v) is 3.93. The number of aliphatic imine (C=N–C) groups is 1. The molecule has 1 atom stereocenters. The minimum absolute atomic E-state index is 0.0592. The highest BCUT2D eigenvalue weighted by molar-refractivity contribution is 8.14. The second-order valence-corrected chi connectivity index (χ2v) is 8.13. The van der Waals surface area contributed by atoms with Crippen LogP contribution in [0.2, 0.25) is 0 Å². The number of nitrogens with zero attached hydrogens (tertiary/aromatic N) is 5. The van der Waals surface area contributed by atoms with E-state index in [9.17, 15) is 9.90 Å². The van der Waals surface area contributed by atoms with Crippen LogP contribution in [-0.2, 0) is 0 Å². The third-order valence-electron chi connectivity index (χ3n) is 4.60. The van der Waals surface area contributed by atoms with Gasteiger partial charge in [0.15, 0.2) is 0 Å². The van der Waals surface area contributed by atoms with Crippen molar-refractivity contribution >= 4 is 40.3 Å². The van der Waals surface area contributed by atoms with E-state index >= 15 is 0 Å². The molecule has 8 nitrogen and oxygen atoms in total. The highest BCUT2D eigenvalue weighted by atomic mass is 35.5. The second kappa shape index (κ2) is 10.6. The third-order valence-corrected chi connectivity index (χ3v) is 5.93. The SMILES string of the molecule is C[C@H](CSC(=O)c1ccccc1)C([O-])=Nc1c[n+](N2CCN(CCCl)CC2)no1. The van der Waals surface area contributed by atoms with Crippen molar-refractivity contribution in [2.24, 2.45) is 10.9 Å². The van der Waals surface area contributed by atoms with Gasteiger partial charge in [0, 0.05) is 36.8 Å². The highest BCUT2D eigenvalue weighted by Gasteiger charge is 2.25. The van der Waals surface area contributed by atoms with Crippen LogP contribution in [0.15, 0.2) is 46.0 Å². The number of carbonyl (C=O) groups excluding carboxylic acids is 1. The first-order valence-corrected chi connectivity index (χ1v) is 11.0. The lowest BCUT2D eigenvalue weighted by Gasteiger charge is -2.29. The zero-order valence-electron chi connectivity index (χ0n) is 16.2. The first-order chi connectivity index (χ1) is 14.1. The zero-order chi connectivity index (χ0) is 20.6. The molecule has 1 aliphatic heterocycles. The summed E-state index contributed by atoms with van der Waals surface area (Å²) in [6.07, 6.45) is 1.60. The topological polar surface area (TPSA) is 88.9 Å². The van der Waals surface area contributed by atoms with Crippen LogP contribution in [0, 0.1) is 5.92 Å². The average molecular weight is 438 g/mol. The van der Waals surface area contributed by atoms with Crippen LogP contribution in [0.5, 0.6) is 0 Å². The number of rotatable bonds is 8. The van der Waals surface area contributed by atoms with Gasteiger partial charge in [-0.25, -0.2) is 4.99 Å². The summed E-state index contributed by atoms with van der Waals surface area (Å²) in [6, 6.07) is 9.00. The maximum absolute atomic E-state index is 12.3. The Labute approximate surface area is 179 Å². The van der Waals surface area contributed by atoms with Gasteiger partial charge in [0.1, 0.15) is 0 Å². The number of halogens is 1. The van der Waals surface area contributed by atoms with E-state index in [0.29, 0.717) is 17.2 Å². The summed E-state index contributed by atoms with van der Waals surface area (Å²) in [5.74, 6) is 0.380. The van der Waals surface area contributed by atoms with Crippen LogP contribution in [0.3, 0.4) is 0 Å². The Hall–Kier alpha value is -2.10. The number of carbonyl (C=O) groups is 1. The van der Waals surface area contributed by atoms with Crippen LogP contribution < -0.4 is 14.9 Å². The van der Waals surface area contributed by atoms with Gasteiger partial charge < -0.3 is 5.11 Å². The van der Waals surface area contributed by atoms with Crippen molar-refractivity contribution in [2.75, 3.05) is 49.4 Å². The third kappa shape index (κ3) is 6.19. The van der Waals surface area contributed by atoms with Crippen LogP contribution in [-0.4, -0.2) is 65.5 Å². The summed E-state index contributed by atoms with van der Waals surface area (Å²) in [4.78, 5) is 20.0. The van der Waals surface area contributed by atoms with Crippen molar-refractivity contribution in [2.45, 2.75) is 6.92 Å². The van der Waals surface area contributed by atoms with Gasteiger partial charge in [-0.2, -0.15) is 5.01 Å². The lowest BCUT2D eigenvalue weighted by molar-refractivity contribution is -0.759. The molecule has 1 aliphatic rings. The molecule has 1 aromatic heterocycles. The molecule has 1 fully saturated rings. The average Bonchev–Trinajstić information content (AvgIpc) is 3.21. The highest BCUT2D eigenvalue weighted by Crippen LogP contribution is 2.17. The maximum Gasteiger partial charge on any atom is 0.324 e. The molecule has 0 unspecified atom stereocenters. The Morgan fingerprint density at radius 3 is 2.76 bits per heavy atom. The first kappa shape index (κ1) is 21.6. The van der Waals surface area contributed by atoms with Crippen molar-refractivity contribution in [1.29, 1.82) is 0 Å². The minimum Gasteiger partial charge on any atom is -0.861 e. The number of aromatic nitrogens is 2. The van der Waals surface area contributed by atoms with E-state index < -0.39 is 5.92 Å². The molecule has 29 heavy (non-hydrogen) atoms. The van der Waals surface area contributed by atoms with Crippen molar-refractivity contribution in [1.82, 2.24) is 10.2 Å². The number of benzene rings is 1. The lowest BCUT2D eigenvalue weighted by Crippen LogP contribution is -2.65. The van der Waals surface area contributed by atoms with Crippen LogP contribution >= 0.6 is 23.4 Å². The summed E-state index contributed by atoms with van der Waals surface area (Å²) in [5, 5.41) is 18.3. The van der Waals surface area contributed by atoms with Crippen molar-refractivity contribution in [3.05, 3.63) is 42.1 Å². The molecule has 156 valence electrons. The second-order valence-electron chi connectivity index (χ2n) is 6.76. The van der Waals surface area contributed by atoms with E-state index in [4.69, 9.17) is 16.1 Å². The van der Waals surface area contributed by atoms with E-state index in [-0.39, 0.29) is 16.9 Å². The van der Waals surface area contributed by atoms with Gasteiger partial charge in [-0.05, 0) is 11.8 Å². The molecule has 0 bridgehead atoms. The Morgan fingerprint density at radius 2 is 2.07 bits per heavy atom. The Balaban J connectivity index is 1.51. The predicted octanol–water partition coefficient (Wildman–Crippen LogP) is 1.05. The smallest absolute Gasteiger partial charge is 0.324 e. The van der Waals surface area contributed by atoms with Crippen LogP contribution in [0.4, 0.5) is 5.88 Å². The molecular weight excluding hydrogens is 414 g/mol. The molecule has 0 N–H and O–H groups in total. The van der Waals surface area contributed by atoms with Crippen molar-refractivity contribution in [3.8, 4) is 0 Å². The van der Waals surface area contributed by atoms with E-state index in [1.807, 2.05) is 23.2 Å². The zero-order valence-corrected chi connectivity index (χ0v) is 17.8. The van der Waals surface area contributed by atoms with Crippen LogP contribution in [0.25, 0.3) is 0 Å². The van der Waals surface area contributed by atoms with E-state index in [1.54, 1.807) is 30.0 Å². The molecular formula is C19H24ClN5O3S. The Bertz CT molecular complexity index is 824. The monoisotopic (exact) mass is 437 g/mol. The number of alkyl halides is 1. The number of piperazine rings is 1. The molecule has 0 radical (unpaired) electrons. The Morgan fingerprint density at radius 1 is 1.34 bits per heavy atom. The standard InChI is InChI=1S/C19H24ClN5O3S/c1-15(14-29-19(27)16-5-3-2-4-6-16)18(26)21-17-13-25(22-28-17)24-11-9-23(8-7-20)10-12-24/h2-6,13,15H,7-12,14H2,1H3/t15-/m1/s1. The van der Waals surface area contributed by atoms with Gasteiger partial charge in [0.2, 0.25) is 10.4 Å². The maximum atomic E-state index is 12.3. The van der Waals surface area contributed by atoms with E-state index in [0.717, 1.165) is 44.5 Å². The number of hydrogen-bond donors (Lipinski definition) is 0. The molecule has 2 aromatic rings. The first-order valence-electron chi connectivity index (χ1n) is 9.47. The van der Waals surface area contributed by atoms with E-state index in [1.165, 1.54) is 0 Å². The largest absolute Gasteiger partial charge is 0.861 e. The van der Waals surface area contributed by atoms with E-state index in [2.05, 4.69) is 15.2 Å². The normalized spacial score (nSPS) is 16.8. The van der Waals surface area contributed by atoms with Gasteiger partial charge in [-0.1, -0.05) is 49.0 Å². The minimum atomic E-state index is -0.412. The molecule has 0 aliphatic carbocycles. The van der Waals surface area contributed by atoms with Gasteiger partial charge >= 0.3 is 5.88 Å². The summed E-state index contributed by atoms with van der Waals surface area (Å²) in [5.41, 5.74) is 0.622. The summed E-state index contributed by atoms with van der Waals surface area (Å²) in [7, 11) is 0. The molecule has 1 aromatic carbocycles. The molecule has 0 spiro atoms. The van der Waals surface area contributed by atoms with Crippen molar-refractivity contribution < 1.29 is 19.2 Å². The molecule has 0 amide bonds. The molecule has 0 saturated carbocycles. The fourth-order valence-electron chi connectivity index (χ4n) is 2.85. The molecule has 10 heteroatoms. The van der Waals surface area contributed by atoms with Gasteiger partial charge in [0.25, 0.3) is 6.20 Å². The summed E-state index contributed by atoms with van der Waals surface area (Å²) >= 11 is 6.90. The summed E-state index contributed by atoms with van der Waals surface area (Å²) < 4.78 is 5.18. The predicted molar refractivity (Wildman–Crippen MR) is 111 cm³/mol. The number of thioether (sulfide) groups is 1. The van der Waals surface area contributed by atoms with Gasteiger partial charge in [0.05, 0.1) is 17.9 Å². The van der Waals surface area contributed by atoms with Crippen LogP contribution in [0.1, 0.15) is 17.3 Å². The number of hydrogen-bond acceptors (Lipinski definition) is 8. The Kier molecular flexibility index (Phi) is 7.91. The summed E-state index contributed by atoms with van der Waals surface area (Å²) in [6.45, 7) is 5.98. The molecule has 1 saturated heterocycles. The lowest BCUT2D eigenvalue weighted by atomic mass is 10.2. The molecule has 2 heterocycles. The van der Waals surface area contributed by atoms with Crippen molar-refractivity contribution in [3.63, 3.8) is 0 Å². The molecule has 3 rings (SSSR count). The van der Waals surface area contributed by atoms with Gasteiger partial charge in [-0.15, -0.1) is 11.6 Å². The van der Waals surface area contributed by atoms with Gasteiger partial charge in [-0.3, -0.25) is 14.2 Å². The quantitative estimate of drug-likeness (QED) is 0.264. The fraction of sp³-hybridized carbons (Fsp3) is 0.474.